The van der Waals surface area contributed by atoms with Crippen molar-refractivity contribution in [2.75, 3.05) is 6.54 Å². The number of allylic oxidation sites excluding steroid dienone is 2. The maximum Gasteiger partial charge on any atom is 0.0593 e. The smallest absolute Gasteiger partial charge is 0.0593 e. The monoisotopic (exact) mass is 134 g/mol. The lowest BCUT2D eigenvalue weighted by atomic mass is 10.2. The molecule has 0 amide bonds. The summed E-state index contributed by atoms with van der Waals surface area (Å²) in [5.74, 6) is 0. The number of hydrogen-bond acceptors (Lipinski definition) is 2. The Hall–Kier alpha value is -1.18. The molecular formula is C8H10N2. The van der Waals surface area contributed by atoms with Crippen LogP contribution in [0.15, 0.2) is 35.3 Å². The summed E-state index contributed by atoms with van der Waals surface area (Å²) in [4.78, 5) is 0. The normalized spacial score (nSPS) is 21.5. The van der Waals surface area contributed by atoms with Crippen LogP contribution < -0.4 is 10.6 Å². The molecule has 2 rings (SSSR count). The summed E-state index contributed by atoms with van der Waals surface area (Å²) >= 11 is 0. The zero-order valence-corrected chi connectivity index (χ0v) is 5.94. The summed E-state index contributed by atoms with van der Waals surface area (Å²) in [5, 5.41) is 6.45. The van der Waals surface area contributed by atoms with E-state index in [0.717, 1.165) is 6.54 Å². The first kappa shape index (κ1) is 5.59. The van der Waals surface area contributed by atoms with Gasteiger partial charge >= 0.3 is 0 Å². The SMILES string of the molecule is CC1=CNC2=CCNC2=C1. The van der Waals surface area contributed by atoms with E-state index < -0.39 is 0 Å². The topological polar surface area (TPSA) is 24.1 Å². The van der Waals surface area contributed by atoms with Crippen molar-refractivity contribution in [1.29, 1.82) is 0 Å². The Balaban J connectivity index is 2.36. The van der Waals surface area contributed by atoms with Crippen LogP contribution in [0.5, 0.6) is 0 Å². The van der Waals surface area contributed by atoms with Crippen molar-refractivity contribution in [1.82, 2.24) is 10.6 Å². The molecule has 0 aliphatic carbocycles. The quantitative estimate of drug-likeness (QED) is 0.513. The molecule has 0 spiro atoms. The lowest BCUT2D eigenvalue weighted by Gasteiger charge is -2.11. The minimum atomic E-state index is 0.954. The largest absolute Gasteiger partial charge is 0.380 e. The van der Waals surface area contributed by atoms with Crippen molar-refractivity contribution in [2.24, 2.45) is 0 Å². The van der Waals surface area contributed by atoms with E-state index in [0.29, 0.717) is 0 Å². The lowest BCUT2D eigenvalue weighted by molar-refractivity contribution is 0.930. The van der Waals surface area contributed by atoms with Gasteiger partial charge in [-0.05, 0) is 24.6 Å². The van der Waals surface area contributed by atoms with Gasteiger partial charge in [0.25, 0.3) is 0 Å². The van der Waals surface area contributed by atoms with Gasteiger partial charge in [0, 0.05) is 12.7 Å². The minimum Gasteiger partial charge on any atom is -0.380 e. The zero-order chi connectivity index (χ0) is 6.97. The number of nitrogens with one attached hydrogen (secondary N) is 2. The highest BCUT2D eigenvalue weighted by Gasteiger charge is 2.11. The van der Waals surface area contributed by atoms with Crippen LogP contribution in [0.4, 0.5) is 0 Å². The van der Waals surface area contributed by atoms with E-state index in [2.05, 4.69) is 29.7 Å². The number of fused-ring (bicyclic) bond motifs is 1. The third kappa shape index (κ3) is 0.727. The summed E-state index contributed by atoms with van der Waals surface area (Å²) in [6, 6.07) is 0. The maximum absolute atomic E-state index is 3.25. The fourth-order valence-corrected chi connectivity index (χ4v) is 1.19. The summed E-state index contributed by atoms with van der Waals surface area (Å²) in [6.07, 6.45) is 6.31. The molecule has 0 bridgehead atoms. The first-order chi connectivity index (χ1) is 4.86. The highest BCUT2D eigenvalue weighted by Crippen LogP contribution is 2.15. The predicted molar refractivity (Wildman–Crippen MR) is 41.1 cm³/mol. The molecule has 0 saturated heterocycles. The molecule has 0 radical (unpaired) electrons. The van der Waals surface area contributed by atoms with E-state index in [1.54, 1.807) is 0 Å². The average Bonchev–Trinajstić information content (AvgIpc) is 2.33. The third-order valence-electron chi connectivity index (χ3n) is 1.72. The zero-order valence-electron chi connectivity index (χ0n) is 5.94. The molecule has 0 atom stereocenters. The van der Waals surface area contributed by atoms with Crippen molar-refractivity contribution in [2.45, 2.75) is 6.92 Å². The molecule has 0 aromatic heterocycles. The highest BCUT2D eigenvalue weighted by molar-refractivity contribution is 5.42. The molecule has 2 heteroatoms. The van der Waals surface area contributed by atoms with Gasteiger partial charge < -0.3 is 10.6 Å². The molecule has 0 unspecified atom stereocenters. The van der Waals surface area contributed by atoms with Crippen LogP contribution in [-0.2, 0) is 0 Å². The van der Waals surface area contributed by atoms with E-state index in [4.69, 9.17) is 0 Å². The standard InChI is InChI=1S/C8H10N2/c1-6-4-8-7(10-5-6)2-3-9-8/h2,4-5,9-10H,3H2,1H3. The van der Waals surface area contributed by atoms with Crippen LogP contribution in [0, 0.1) is 0 Å². The molecule has 0 saturated carbocycles. The molecule has 52 valence electrons. The van der Waals surface area contributed by atoms with Crippen LogP contribution in [0.1, 0.15) is 6.92 Å². The Bertz CT molecular complexity index is 246. The van der Waals surface area contributed by atoms with E-state index in [-0.39, 0.29) is 0 Å². The Morgan fingerprint density at radius 2 is 2.30 bits per heavy atom. The number of hydrogen-bond donors (Lipinski definition) is 2. The molecule has 2 nitrogen and oxygen atoms in total. The van der Waals surface area contributed by atoms with Gasteiger partial charge in [-0.15, -0.1) is 0 Å². The average molecular weight is 134 g/mol. The van der Waals surface area contributed by atoms with Gasteiger partial charge in [-0.25, -0.2) is 0 Å². The van der Waals surface area contributed by atoms with Crippen molar-refractivity contribution in [3.8, 4) is 0 Å². The molecular weight excluding hydrogens is 124 g/mol. The van der Waals surface area contributed by atoms with Gasteiger partial charge in [-0.3, -0.25) is 0 Å². The first-order valence-electron chi connectivity index (χ1n) is 3.46. The van der Waals surface area contributed by atoms with Gasteiger partial charge in [0.2, 0.25) is 0 Å². The lowest BCUT2D eigenvalue weighted by Crippen LogP contribution is -2.16. The summed E-state index contributed by atoms with van der Waals surface area (Å²) in [5.41, 5.74) is 3.70. The summed E-state index contributed by atoms with van der Waals surface area (Å²) in [7, 11) is 0. The molecule has 2 heterocycles. The van der Waals surface area contributed by atoms with Crippen LogP contribution in [0.25, 0.3) is 0 Å². The molecule has 2 aliphatic rings. The van der Waals surface area contributed by atoms with Crippen molar-refractivity contribution >= 4 is 0 Å². The van der Waals surface area contributed by atoms with E-state index in [1.165, 1.54) is 17.0 Å². The highest BCUT2D eigenvalue weighted by atomic mass is 15.0. The van der Waals surface area contributed by atoms with Crippen molar-refractivity contribution < 1.29 is 0 Å². The van der Waals surface area contributed by atoms with Crippen molar-refractivity contribution in [3.63, 3.8) is 0 Å². The van der Waals surface area contributed by atoms with Gasteiger partial charge in [0.05, 0.1) is 11.4 Å². The Morgan fingerprint density at radius 1 is 1.40 bits per heavy atom. The molecule has 10 heavy (non-hydrogen) atoms. The number of rotatable bonds is 0. The second kappa shape index (κ2) is 1.90. The molecule has 0 fully saturated rings. The molecule has 0 aromatic carbocycles. The summed E-state index contributed by atoms with van der Waals surface area (Å²) < 4.78 is 0. The third-order valence-corrected chi connectivity index (χ3v) is 1.72. The second-order valence-corrected chi connectivity index (χ2v) is 2.59. The number of dihydropyridines is 1. The van der Waals surface area contributed by atoms with E-state index >= 15 is 0 Å². The molecule has 2 N–H and O–H groups in total. The van der Waals surface area contributed by atoms with Gasteiger partial charge in [0.1, 0.15) is 0 Å². The minimum absolute atomic E-state index is 0.954. The van der Waals surface area contributed by atoms with Gasteiger partial charge in [0.15, 0.2) is 0 Å². The Kier molecular flexibility index (Phi) is 1.07. The van der Waals surface area contributed by atoms with Crippen LogP contribution in [0.2, 0.25) is 0 Å². The second-order valence-electron chi connectivity index (χ2n) is 2.59. The Morgan fingerprint density at radius 3 is 3.20 bits per heavy atom. The predicted octanol–water partition coefficient (Wildman–Crippen LogP) is 0.864. The van der Waals surface area contributed by atoms with Crippen LogP contribution in [-0.4, -0.2) is 6.54 Å². The molecule has 2 aliphatic heterocycles. The van der Waals surface area contributed by atoms with Gasteiger partial charge in [-0.1, -0.05) is 0 Å². The van der Waals surface area contributed by atoms with Crippen molar-refractivity contribution in [3.05, 3.63) is 35.3 Å². The fourth-order valence-electron chi connectivity index (χ4n) is 1.19. The van der Waals surface area contributed by atoms with Gasteiger partial charge in [-0.2, -0.15) is 0 Å². The van der Waals surface area contributed by atoms with Crippen LogP contribution in [0.3, 0.4) is 0 Å². The molecule has 0 aromatic rings. The maximum atomic E-state index is 3.25. The first-order valence-corrected chi connectivity index (χ1v) is 3.46. The van der Waals surface area contributed by atoms with Crippen LogP contribution >= 0.6 is 0 Å². The van der Waals surface area contributed by atoms with E-state index in [1.807, 2.05) is 6.20 Å². The Labute approximate surface area is 60.3 Å². The fraction of sp³-hybridized carbons (Fsp3) is 0.250. The van der Waals surface area contributed by atoms with E-state index in [9.17, 15) is 0 Å². The summed E-state index contributed by atoms with van der Waals surface area (Å²) in [6.45, 7) is 3.03.